The molecule has 0 unspecified atom stereocenters. The zero-order valence-electron chi connectivity index (χ0n) is 11.8. The van der Waals surface area contributed by atoms with Crippen molar-refractivity contribution in [3.8, 4) is 11.1 Å². The number of nitrogens with two attached hydrogens (primary N) is 1. The number of pyridine rings is 1. The summed E-state index contributed by atoms with van der Waals surface area (Å²) in [6.45, 7) is 1.75. The topological polar surface area (TPSA) is 85.1 Å². The summed E-state index contributed by atoms with van der Waals surface area (Å²) in [4.78, 5) is 3.99. The molecule has 2 aromatic rings. The molecule has 0 spiro atoms. The van der Waals surface area contributed by atoms with Gasteiger partial charge in [0, 0.05) is 16.2 Å². The lowest BCUT2D eigenvalue weighted by Gasteiger charge is -2.11. The van der Waals surface area contributed by atoms with Crippen LogP contribution in [0.25, 0.3) is 11.1 Å². The van der Waals surface area contributed by atoms with Crippen molar-refractivity contribution in [3.63, 3.8) is 0 Å². The van der Waals surface area contributed by atoms with Gasteiger partial charge in [-0.3, -0.25) is 4.72 Å². The molecule has 0 saturated heterocycles. The van der Waals surface area contributed by atoms with Gasteiger partial charge < -0.3 is 5.73 Å². The van der Waals surface area contributed by atoms with Crippen LogP contribution in [0.5, 0.6) is 0 Å². The number of halogens is 2. The minimum atomic E-state index is -3.49. The van der Waals surface area contributed by atoms with Crippen LogP contribution in [0.1, 0.15) is 13.3 Å². The molecule has 0 atom stereocenters. The number of nitrogens with one attached hydrogen (secondary N) is 1. The normalized spacial score (nSPS) is 11.4. The highest BCUT2D eigenvalue weighted by Crippen LogP contribution is 2.30. The van der Waals surface area contributed by atoms with Crippen molar-refractivity contribution >= 4 is 37.5 Å². The first-order valence-corrected chi connectivity index (χ1v) is 8.98. The van der Waals surface area contributed by atoms with E-state index in [0.29, 0.717) is 22.0 Å². The molecule has 1 aromatic heterocycles. The molecule has 0 saturated carbocycles. The second-order valence-electron chi connectivity index (χ2n) is 4.74. The average molecular weight is 388 g/mol. The molecule has 22 heavy (non-hydrogen) atoms. The fourth-order valence-electron chi connectivity index (χ4n) is 1.98. The number of hydrogen-bond acceptors (Lipinski definition) is 4. The van der Waals surface area contributed by atoms with Crippen molar-refractivity contribution in [2.24, 2.45) is 0 Å². The van der Waals surface area contributed by atoms with Gasteiger partial charge in [0.2, 0.25) is 10.0 Å². The summed E-state index contributed by atoms with van der Waals surface area (Å²) in [6, 6.07) is 5.62. The van der Waals surface area contributed by atoms with Crippen molar-refractivity contribution in [2.75, 3.05) is 16.2 Å². The van der Waals surface area contributed by atoms with E-state index < -0.39 is 15.8 Å². The van der Waals surface area contributed by atoms with E-state index in [0.717, 1.165) is 6.07 Å². The number of hydrogen-bond donors (Lipinski definition) is 2. The van der Waals surface area contributed by atoms with Crippen LogP contribution < -0.4 is 10.5 Å². The fourth-order valence-corrected chi connectivity index (χ4v) is 3.43. The second-order valence-corrected chi connectivity index (χ2v) is 7.49. The second kappa shape index (κ2) is 6.62. The van der Waals surface area contributed by atoms with Crippen molar-refractivity contribution in [3.05, 3.63) is 40.8 Å². The van der Waals surface area contributed by atoms with Gasteiger partial charge in [-0.15, -0.1) is 0 Å². The minimum Gasteiger partial charge on any atom is -0.383 e. The minimum absolute atomic E-state index is 0.0283. The van der Waals surface area contributed by atoms with Crippen LogP contribution in [0.15, 0.2) is 34.9 Å². The summed E-state index contributed by atoms with van der Waals surface area (Å²) in [7, 11) is -3.49. The predicted octanol–water partition coefficient (Wildman–Crippen LogP) is 3.38. The molecule has 0 bridgehead atoms. The first kappa shape index (κ1) is 16.7. The summed E-state index contributed by atoms with van der Waals surface area (Å²) >= 11 is 3.28. The maximum Gasteiger partial charge on any atom is 0.232 e. The summed E-state index contributed by atoms with van der Waals surface area (Å²) in [5.74, 6) is -0.360. The zero-order chi connectivity index (χ0) is 16.3. The zero-order valence-corrected chi connectivity index (χ0v) is 14.2. The highest BCUT2D eigenvalue weighted by molar-refractivity contribution is 9.10. The maximum atomic E-state index is 13.8. The van der Waals surface area contributed by atoms with Gasteiger partial charge in [0.25, 0.3) is 0 Å². The van der Waals surface area contributed by atoms with E-state index in [1.165, 1.54) is 18.3 Å². The standard InChI is InChI=1S/C14H15BrFN3O2S/c1-2-3-22(20,21)19-12-5-9(4-11(16)7-12)13-6-10(15)8-18-14(13)17/h4-8,19H,2-3H2,1H3,(H2,17,18). The fraction of sp³-hybridized carbons (Fsp3) is 0.214. The van der Waals surface area contributed by atoms with Crippen LogP contribution in [0.2, 0.25) is 0 Å². The Hall–Kier alpha value is -1.67. The van der Waals surface area contributed by atoms with Crippen LogP contribution in [0.3, 0.4) is 0 Å². The Kier molecular flexibility index (Phi) is 5.02. The number of nitrogens with zero attached hydrogens (tertiary/aromatic N) is 1. The van der Waals surface area contributed by atoms with Gasteiger partial charge in [0.05, 0.1) is 11.4 Å². The molecule has 0 aliphatic carbocycles. The highest BCUT2D eigenvalue weighted by Gasteiger charge is 2.12. The van der Waals surface area contributed by atoms with Crippen molar-refractivity contribution in [1.82, 2.24) is 4.98 Å². The molecule has 8 heteroatoms. The van der Waals surface area contributed by atoms with E-state index in [9.17, 15) is 12.8 Å². The first-order valence-electron chi connectivity index (χ1n) is 6.53. The lowest BCUT2D eigenvalue weighted by molar-refractivity contribution is 0.599. The lowest BCUT2D eigenvalue weighted by Crippen LogP contribution is -2.16. The molecule has 0 radical (unpaired) electrons. The van der Waals surface area contributed by atoms with Crippen molar-refractivity contribution < 1.29 is 12.8 Å². The number of nitrogen functional groups attached to an aromatic ring is 1. The predicted molar refractivity (Wildman–Crippen MR) is 89.4 cm³/mol. The Morgan fingerprint density at radius 3 is 2.73 bits per heavy atom. The molecule has 3 N–H and O–H groups in total. The van der Waals surface area contributed by atoms with Crippen LogP contribution in [0, 0.1) is 5.82 Å². The number of aromatic nitrogens is 1. The molecule has 0 aliphatic heterocycles. The molecule has 2 rings (SSSR count). The van der Waals surface area contributed by atoms with E-state index in [4.69, 9.17) is 5.73 Å². The Morgan fingerprint density at radius 1 is 1.32 bits per heavy atom. The highest BCUT2D eigenvalue weighted by atomic mass is 79.9. The summed E-state index contributed by atoms with van der Waals surface area (Å²) in [6.07, 6.45) is 2.00. The van der Waals surface area contributed by atoms with Crippen LogP contribution >= 0.6 is 15.9 Å². The quantitative estimate of drug-likeness (QED) is 0.823. The monoisotopic (exact) mass is 387 g/mol. The van der Waals surface area contributed by atoms with Gasteiger partial charge in [-0.05, 0) is 52.2 Å². The summed E-state index contributed by atoms with van der Waals surface area (Å²) in [5.41, 5.74) is 6.92. The third-order valence-corrected chi connectivity index (χ3v) is 4.77. The number of anilines is 2. The van der Waals surface area contributed by atoms with E-state index in [1.54, 1.807) is 13.0 Å². The molecule has 1 aromatic carbocycles. The van der Waals surface area contributed by atoms with Gasteiger partial charge in [0.15, 0.2) is 0 Å². The van der Waals surface area contributed by atoms with Crippen LogP contribution in [-0.2, 0) is 10.0 Å². The Balaban J connectivity index is 2.45. The molecule has 118 valence electrons. The molecule has 0 aliphatic rings. The molecular formula is C14H15BrFN3O2S. The molecule has 0 fully saturated rings. The van der Waals surface area contributed by atoms with E-state index in [-0.39, 0.29) is 17.3 Å². The number of rotatable bonds is 5. The Morgan fingerprint density at radius 2 is 2.05 bits per heavy atom. The first-order chi connectivity index (χ1) is 10.3. The SMILES string of the molecule is CCCS(=O)(=O)Nc1cc(F)cc(-c2cc(Br)cnc2N)c1. The molecule has 1 heterocycles. The van der Waals surface area contributed by atoms with Crippen LogP contribution in [0.4, 0.5) is 15.9 Å². The van der Waals surface area contributed by atoms with Crippen molar-refractivity contribution in [2.45, 2.75) is 13.3 Å². The van der Waals surface area contributed by atoms with Crippen LogP contribution in [-0.4, -0.2) is 19.2 Å². The maximum absolute atomic E-state index is 13.8. The summed E-state index contributed by atoms with van der Waals surface area (Å²) in [5, 5.41) is 0. The van der Waals surface area contributed by atoms with Gasteiger partial charge in [0.1, 0.15) is 11.6 Å². The van der Waals surface area contributed by atoms with Gasteiger partial charge in [-0.2, -0.15) is 0 Å². The smallest absolute Gasteiger partial charge is 0.232 e. The van der Waals surface area contributed by atoms with E-state index in [2.05, 4.69) is 25.6 Å². The molecule has 0 amide bonds. The van der Waals surface area contributed by atoms with E-state index in [1.807, 2.05) is 0 Å². The lowest BCUT2D eigenvalue weighted by atomic mass is 10.1. The largest absolute Gasteiger partial charge is 0.383 e. The number of benzene rings is 1. The van der Waals surface area contributed by atoms with Crippen molar-refractivity contribution in [1.29, 1.82) is 0 Å². The molecule has 5 nitrogen and oxygen atoms in total. The Labute approximate surface area is 136 Å². The average Bonchev–Trinajstić information content (AvgIpc) is 2.40. The van der Waals surface area contributed by atoms with Gasteiger partial charge >= 0.3 is 0 Å². The summed E-state index contributed by atoms with van der Waals surface area (Å²) < 4.78 is 40.5. The third-order valence-electron chi connectivity index (χ3n) is 2.84. The van der Waals surface area contributed by atoms with Gasteiger partial charge in [-0.1, -0.05) is 6.92 Å². The van der Waals surface area contributed by atoms with E-state index >= 15 is 0 Å². The third kappa shape index (κ3) is 4.17. The van der Waals surface area contributed by atoms with Gasteiger partial charge in [-0.25, -0.2) is 17.8 Å². The Bertz CT molecular complexity index is 797. The number of sulfonamides is 1. The molecular weight excluding hydrogens is 373 g/mol.